The first-order valence-corrected chi connectivity index (χ1v) is 9.35. The van der Waals surface area contributed by atoms with E-state index in [9.17, 15) is 4.79 Å². The number of aryl methyl sites for hydroxylation is 2. The van der Waals surface area contributed by atoms with Crippen LogP contribution in [0.1, 0.15) is 73.5 Å². The zero-order chi connectivity index (χ0) is 17.4. The summed E-state index contributed by atoms with van der Waals surface area (Å²) in [6.07, 6.45) is 5.91. The molecule has 1 saturated heterocycles. The normalized spacial score (nSPS) is 19.6. The van der Waals surface area contributed by atoms with Crippen LogP contribution in [0.3, 0.4) is 0 Å². The lowest BCUT2D eigenvalue weighted by atomic mass is 10.0. The van der Waals surface area contributed by atoms with Crippen molar-refractivity contribution in [1.82, 2.24) is 15.0 Å². The summed E-state index contributed by atoms with van der Waals surface area (Å²) in [5, 5.41) is 4.13. The van der Waals surface area contributed by atoms with Crippen molar-refractivity contribution in [3.05, 3.63) is 46.6 Å². The highest BCUT2D eigenvalue weighted by Crippen LogP contribution is 2.32. The number of aromatic nitrogens is 2. The molecule has 0 radical (unpaired) electrons. The van der Waals surface area contributed by atoms with E-state index in [0.29, 0.717) is 18.1 Å². The maximum Gasteiger partial charge on any atom is 0.229 e. The molecule has 0 unspecified atom stereocenters. The van der Waals surface area contributed by atoms with Crippen LogP contribution < -0.4 is 0 Å². The van der Waals surface area contributed by atoms with Crippen molar-refractivity contribution in [2.24, 2.45) is 0 Å². The van der Waals surface area contributed by atoms with Gasteiger partial charge in [0.2, 0.25) is 11.8 Å². The van der Waals surface area contributed by atoms with E-state index in [1.807, 2.05) is 18.7 Å². The predicted octanol–water partition coefficient (Wildman–Crippen LogP) is 3.59. The standard InChI is InChI=1S/C20H25N3O2/c1-13(2)20-21-19(22-25-20)17-7-4-10-23(17)18(24)12-14-8-9-15-5-3-6-16(15)11-14/h8-9,11,13,17H,3-7,10,12H2,1-2H3/t17-/m0/s1. The molecule has 25 heavy (non-hydrogen) atoms. The molecule has 1 atom stereocenters. The molecule has 2 aliphatic rings. The molecular formula is C20H25N3O2. The first kappa shape index (κ1) is 16.3. The Bertz CT molecular complexity index is 781. The molecule has 1 aromatic heterocycles. The smallest absolute Gasteiger partial charge is 0.229 e. The molecule has 5 heteroatoms. The number of hydrogen-bond donors (Lipinski definition) is 0. The molecule has 2 aromatic rings. The van der Waals surface area contributed by atoms with Gasteiger partial charge in [-0.15, -0.1) is 0 Å². The van der Waals surface area contributed by atoms with E-state index in [-0.39, 0.29) is 17.9 Å². The molecule has 132 valence electrons. The van der Waals surface area contributed by atoms with Crippen molar-refractivity contribution in [1.29, 1.82) is 0 Å². The second-order valence-electron chi connectivity index (χ2n) is 7.52. The Kier molecular flexibility index (Phi) is 4.32. The molecule has 4 rings (SSSR count). The van der Waals surface area contributed by atoms with Crippen LogP contribution in [0.2, 0.25) is 0 Å². The number of rotatable bonds is 4. The van der Waals surface area contributed by atoms with Crippen LogP contribution in [0.4, 0.5) is 0 Å². The average Bonchev–Trinajstić information content (AvgIpc) is 3.33. The van der Waals surface area contributed by atoms with Gasteiger partial charge < -0.3 is 9.42 Å². The molecule has 1 fully saturated rings. The SMILES string of the molecule is CC(C)c1nc([C@@H]2CCCN2C(=O)Cc2ccc3c(c2)CCC3)no1. The Morgan fingerprint density at radius 1 is 1.28 bits per heavy atom. The largest absolute Gasteiger partial charge is 0.339 e. The Hall–Kier alpha value is -2.17. The molecule has 0 N–H and O–H groups in total. The molecule has 1 amide bonds. The monoisotopic (exact) mass is 339 g/mol. The van der Waals surface area contributed by atoms with Crippen LogP contribution in [0, 0.1) is 0 Å². The highest BCUT2D eigenvalue weighted by Gasteiger charge is 2.33. The second kappa shape index (κ2) is 6.62. The van der Waals surface area contributed by atoms with Crippen molar-refractivity contribution >= 4 is 5.91 Å². The Labute approximate surface area is 148 Å². The van der Waals surface area contributed by atoms with Gasteiger partial charge in [0.1, 0.15) is 0 Å². The number of amides is 1. The van der Waals surface area contributed by atoms with Crippen molar-refractivity contribution in [3.8, 4) is 0 Å². The summed E-state index contributed by atoms with van der Waals surface area (Å²) < 4.78 is 5.34. The van der Waals surface area contributed by atoms with E-state index < -0.39 is 0 Å². The molecular weight excluding hydrogens is 314 g/mol. The van der Waals surface area contributed by atoms with E-state index in [1.165, 1.54) is 24.0 Å². The zero-order valence-electron chi connectivity index (χ0n) is 15.0. The minimum atomic E-state index is -0.0434. The van der Waals surface area contributed by atoms with Crippen LogP contribution in [-0.4, -0.2) is 27.5 Å². The van der Waals surface area contributed by atoms with Gasteiger partial charge in [0.05, 0.1) is 12.5 Å². The Balaban J connectivity index is 1.48. The topological polar surface area (TPSA) is 59.2 Å². The minimum Gasteiger partial charge on any atom is -0.339 e. The molecule has 5 nitrogen and oxygen atoms in total. The third-order valence-corrected chi connectivity index (χ3v) is 5.34. The number of hydrogen-bond acceptors (Lipinski definition) is 4. The summed E-state index contributed by atoms with van der Waals surface area (Å²) >= 11 is 0. The third kappa shape index (κ3) is 3.20. The number of carbonyl (C=O) groups excluding carboxylic acids is 1. The highest BCUT2D eigenvalue weighted by molar-refractivity contribution is 5.79. The fourth-order valence-electron chi connectivity index (χ4n) is 3.96. The van der Waals surface area contributed by atoms with Crippen LogP contribution in [0.15, 0.2) is 22.7 Å². The molecule has 1 aliphatic carbocycles. The Morgan fingerprint density at radius 2 is 2.12 bits per heavy atom. The molecule has 0 spiro atoms. The fraction of sp³-hybridized carbons (Fsp3) is 0.550. The lowest BCUT2D eigenvalue weighted by Gasteiger charge is -2.22. The maximum absolute atomic E-state index is 12.9. The van der Waals surface area contributed by atoms with E-state index in [4.69, 9.17) is 4.52 Å². The number of nitrogens with zero attached hydrogens (tertiary/aromatic N) is 3. The summed E-state index contributed by atoms with van der Waals surface area (Å²) in [6.45, 7) is 4.84. The van der Waals surface area contributed by atoms with Gasteiger partial charge in [-0.3, -0.25) is 4.79 Å². The van der Waals surface area contributed by atoms with Crippen LogP contribution >= 0.6 is 0 Å². The van der Waals surface area contributed by atoms with Crippen LogP contribution in [0.5, 0.6) is 0 Å². The zero-order valence-corrected chi connectivity index (χ0v) is 15.0. The minimum absolute atomic E-state index is 0.0434. The van der Waals surface area contributed by atoms with E-state index in [2.05, 4.69) is 28.3 Å². The van der Waals surface area contributed by atoms with E-state index in [1.54, 1.807) is 0 Å². The van der Waals surface area contributed by atoms with Crippen molar-refractivity contribution in [3.63, 3.8) is 0 Å². The Morgan fingerprint density at radius 3 is 2.92 bits per heavy atom. The number of benzene rings is 1. The van der Waals surface area contributed by atoms with Crippen molar-refractivity contribution in [2.75, 3.05) is 6.54 Å². The first-order valence-electron chi connectivity index (χ1n) is 9.35. The lowest BCUT2D eigenvalue weighted by molar-refractivity contribution is -0.131. The summed E-state index contributed by atoms with van der Waals surface area (Å²) in [7, 11) is 0. The fourth-order valence-corrected chi connectivity index (χ4v) is 3.96. The summed E-state index contributed by atoms with van der Waals surface area (Å²) in [5.74, 6) is 1.67. The molecule has 1 aromatic carbocycles. The third-order valence-electron chi connectivity index (χ3n) is 5.34. The van der Waals surface area contributed by atoms with Crippen molar-refractivity contribution < 1.29 is 9.32 Å². The maximum atomic E-state index is 12.9. The predicted molar refractivity (Wildman–Crippen MR) is 94.2 cm³/mol. The first-order chi connectivity index (χ1) is 12.1. The van der Waals surface area contributed by atoms with Crippen LogP contribution in [0.25, 0.3) is 0 Å². The van der Waals surface area contributed by atoms with Gasteiger partial charge in [-0.25, -0.2) is 0 Å². The van der Waals surface area contributed by atoms with Gasteiger partial charge >= 0.3 is 0 Å². The van der Waals surface area contributed by atoms with Gasteiger partial charge in [-0.05, 0) is 48.8 Å². The van der Waals surface area contributed by atoms with Gasteiger partial charge in [0, 0.05) is 12.5 Å². The summed E-state index contributed by atoms with van der Waals surface area (Å²) in [5.41, 5.74) is 3.98. The highest BCUT2D eigenvalue weighted by atomic mass is 16.5. The molecule has 1 aliphatic heterocycles. The molecule has 0 saturated carbocycles. The number of likely N-dealkylation sites (tertiary alicyclic amines) is 1. The average molecular weight is 339 g/mol. The van der Waals surface area contributed by atoms with Gasteiger partial charge in [0.25, 0.3) is 0 Å². The second-order valence-corrected chi connectivity index (χ2v) is 7.52. The molecule has 2 heterocycles. The van der Waals surface area contributed by atoms with E-state index >= 15 is 0 Å². The van der Waals surface area contributed by atoms with Crippen molar-refractivity contribution in [2.45, 2.75) is 64.3 Å². The lowest BCUT2D eigenvalue weighted by Crippen LogP contribution is -2.32. The van der Waals surface area contributed by atoms with E-state index in [0.717, 1.165) is 31.4 Å². The van der Waals surface area contributed by atoms with Gasteiger partial charge in [0.15, 0.2) is 5.82 Å². The summed E-state index contributed by atoms with van der Waals surface area (Å²) in [6, 6.07) is 6.48. The number of carbonyl (C=O) groups is 1. The number of fused-ring (bicyclic) bond motifs is 1. The van der Waals surface area contributed by atoms with Crippen LogP contribution in [-0.2, 0) is 24.1 Å². The quantitative estimate of drug-likeness (QED) is 0.854. The molecule has 0 bridgehead atoms. The van der Waals surface area contributed by atoms with Gasteiger partial charge in [-0.2, -0.15) is 4.98 Å². The van der Waals surface area contributed by atoms with Gasteiger partial charge in [-0.1, -0.05) is 37.2 Å². The summed E-state index contributed by atoms with van der Waals surface area (Å²) in [4.78, 5) is 19.3.